The molecule has 6 nitrogen and oxygen atoms in total. The minimum absolute atomic E-state index is 0.00141. The number of ether oxygens (including phenoxy) is 4. The maximum atomic E-state index is 12.2. The number of carbonyl (C=O) groups is 2. The van der Waals surface area contributed by atoms with E-state index >= 15 is 0 Å². The highest BCUT2D eigenvalue weighted by atomic mass is 16.7. The molecule has 0 saturated carbocycles. The van der Waals surface area contributed by atoms with E-state index in [4.69, 9.17) is 18.9 Å². The van der Waals surface area contributed by atoms with E-state index in [1.807, 2.05) is 31.2 Å². The second kappa shape index (κ2) is 12.9. The van der Waals surface area contributed by atoms with Crippen molar-refractivity contribution in [1.29, 1.82) is 0 Å². The van der Waals surface area contributed by atoms with Crippen molar-refractivity contribution in [2.45, 2.75) is 59.2 Å². The molecule has 0 spiro atoms. The highest BCUT2D eigenvalue weighted by molar-refractivity contribution is 5.87. The van der Waals surface area contributed by atoms with E-state index in [1.165, 1.54) is 5.56 Å². The topological polar surface area (TPSA) is 71.1 Å². The van der Waals surface area contributed by atoms with Gasteiger partial charge in [-0.3, -0.25) is 0 Å². The molecule has 0 aliphatic carbocycles. The Hall–Kier alpha value is -2.60. The largest absolute Gasteiger partial charge is 0.487 e. The zero-order valence-electron chi connectivity index (χ0n) is 18.6. The van der Waals surface area contributed by atoms with Crippen molar-refractivity contribution in [2.24, 2.45) is 0 Å². The molecule has 0 heterocycles. The molecular formula is C24H34O6. The molecule has 1 atom stereocenters. The third kappa shape index (κ3) is 8.82. The number of aryl methyl sites for hydroxylation is 1. The van der Waals surface area contributed by atoms with E-state index in [1.54, 1.807) is 13.8 Å². The minimum atomic E-state index is -1.32. The molecule has 1 unspecified atom stereocenters. The molecule has 1 aromatic carbocycles. The van der Waals surface area contributed by atoms with Gasteiger partial charge in [0.1, 0.15) is 5.75 Å². The number of hydrogen-bond acceptors (Lipinski definition) is 6. The number of hydrogen-bond donors (Lipinski definition) is 0. The predicted molar refractivity (Wildman–Crippen MR) is 116 cm³/mol. The van der Waals surface area contributed by atoms with Crippen molar-refractivity contribution in [3.63, 3.8) is 0 Å². The lowest BCUT2D eigenvalue weighted by Crippen LogP contribution is -2.44. The summed E-state index contributed by atoms with van der Waals surface area (Å²) >= 11 is 0. The molecule has 0 amide bonds. The predicted octanol–water partition coefficient (Wildman–Crippen LogP) is 4.77. The van der Waals surface area contributed by atoms with E-state index in [9.17, 15) is 9.59 Å². The molecule has 0 bridgehead atoms. The molecular weight excluding hydrogens is 384 g/mol. The van der Waals surface area contributed by atoms with Crippen LogP contribution in [0.2, 0.25) is 0 Å². The van der Waals surface area contributed by atoms with Gasteiger partial charge in [-0.05, 0) is 51.3 Å². The van der Waals surface area contributed by atoms with Crippen LogP contribution in [0, 0.1) is 0 Å². The van der Waals surface area contributed by atoms with Crippen LogP contribution in [0.1, 0.15) is 52.5 Å². The third-order valence-corrected chi connectivity index (χ3v) is 4.24. The van der Waals surface area contributed by atoms with Gasteiger partial charge in [0, 0.05) is 24.2 Å². The first kappa shape index (κ1) is 25.4. The fraction of sp³-hybridized carbons (Fsp3) is 0.500. The summed E-state index contributed by atoms with van der Waals surface area (Å²) in [5, 5.41) is 0. The maximum Gasteiger partial charge on any atom is 0.335 e. The molecule has 6 heteroatoms. The van der Waals surface area contributed by atoms with Crippen molar-refractivity contribution >= 4 is 11.9 Å². The standard InChI is InChI=1S/C24H34O6/c1-7-10-20-11-13-21(14-12-20)28-17-24(29-8-2,30-23(26)19(5)6)15-9-16-27-22(25)18(3)4/h11-14H,3,5,7-10,15-17H2,1-2,4,6H3. The zero-order chi connectivity index (χ0) is 22.6. The summed E-state index contributed by atoms with van der Waals surface area (Å²) in [7, 11) is 0. The van der Waals surface area contributed by atoms with Gasteiger partial charge in [-0.15, -0.1) is 0 Å². The Labute approximate surface area is 179 Å². The average molecular weight is 419 g/mol. The van der Waals surface area contributed by atoms with E-state index < -0.39 is 17.7 Å². The molecule has 0 radical (unpaired) electrons. The Morgan fingerprint density at radius 2 is 1.63 bits per heavy atom. The lowest BCUT2D eigenvalue weighted by atomic mass is 10.1. The molecule has 0 aromatic heterocycles. The quantitative estimate of drug-likeness (QED) is 0.188. The second-order valence-electron chi connectivity index (χ2n) is 7.22. The van der Waals surface area contributed by atoms with Gasteiger partial charge in [-0.2, -0.15) is 0 Å². The van der Waals surface area contributed by atoms with Crippen LogP contribution in [0.3, 0.4) is 0 Å². The Morgan fingerprint density at radius 1 is 1.00 bits per heavy atom. The molecule has 0 fully saturated rings. The summed E-state index contributed by atoms with van der Waals surface area (Å²) in [6.45, 7) is 14.7. The van der Waals surface area contributed by atoms with Crippen LogP contribution in [-0.4, -0.2) is 37.5 Å². The van der Waals surface area contributed by atoms with Crippen LogP contribution in [0.15, 0.2) is 48.6 Å². The number of rotatable bonds is 14. The van der Waals surface area contributed by atoms with Gasteiger partial charge >= 0.3 is 11.9 Å². The van der Waals surface area contributed by atoms with Crippen molar-refractivity contribution < 1.29 is 28.5 Å². The van der Waals surface area contributed by atoms with Crippen molar-refractivity contribution in [1.82, 2.24) is 0 Å². The van der Waals surface area contributed by atoms with Gasteiger partial charge in [-0.1, -0.05) is 38.6 Å². The van der Waals surface area contributed by atoms with Crippen molar-refractivity contribution in [3.05, 3.63) is 54.1 Å². The van der Waals surface area contributed by atoms with Crippen LogP contribution in [0.25, 0.3) is 0 Å². The van der Waals surface area contributed by atoms with Crippen LogP contribution in [0.4, 0.5) is 0 Å². The molecule has 0 saturated heterocycles. The van der Waals surface area contributed by atoms with Gasteiger partial charge in [0.05, 0.1) is 6.61 Å². The zero-order valence-corrected chi connectivity index (χ0v) is 18.6. The SMILES string of the molecule is C=C(C)C(=O)OCCCC(COc1ccc(CCC)cc1)(OCC)OC(=O)C(=C)C. The Kier molecular flexibility index (Phi) is 10.9. The highest BCUT2D eigenvalue weighted by Crippen LogP contribution is 2.25. The number of carbonyl (C=O) groups excluding carboxylic acids is 2. The fourth-order valence-corrected chi connectivity index (χ4v) is 2.68. The Balaban J connectivity index is 2.87. The van der Waals surface area contributed by atoms with Gasteiger partial charge in [0.25, 0.3) is 0 Å². The summed E-state index contributed by atoms with van der Waals surface area (Å²) in [6, 6.07) is 7.80. The second-order valence-corrected chi connectivity index (χ2v) is 7.22. The average Bonchev–Trinajstić information content (AvgIpc) is 2.70. The van der Waals surface area contributed by atoms with Gasteiger partial charge in [0.2, 0.25) is 5.79 Å². The third-order valence-electron chi connectivity index (χ3n) is 4.24. The summed E-state index contributed by atoms with van der Waals surface area (Å²) in [6.07, 6.45) is 2.78. The maximum absolute atomic E-state index is 12.2. The van der Waals surface area contributed by atoms with Gasteiger partial charge in [0.15, 0.2) is 6.61 Å². The molecule has 0 N–H and O–H groups in total. The smallest absolute Gasteiger partial charge is 0.335 e. The Morgan fingerprint density at radius 3 is 2.17 bits per heavy atom. The fourth-order valence-electron chi connectivity index (χ4n) is 2.68. The minimum Gasteiger partial charge on any atom is -0.487 e. The summed E-state index contributed by atoms with van der Waals surface area (Å²) in [5.74, 6) is -1.69. The van der Waals surface area contributed by atoms with Crippen LogP contribution >= 0.6 is 0 Å². The number of benzene rings is 1. The molecule has 30 heavy (non-hydrogen) atoms. The highest BCUT2D eigenvalue weighted by Gasteiger charge is 2.36. The lowest BCUT2D eigenvalue weighted by molar-refractivity contribution is -0.242. The summed E-state index contributed by atoms with van der Waals surface area (Å²) in [4.78, 5) is 23.8. The molecule has 166 valence electrons. The van der Waals surface area contributed by atoms with Crippen LogP contribution in [0.5, 0.6) is 5.75 Å². The van der Waals surface area contributed by atoms with Gasteiger partial charge in [-0.25, -0.2) is 9.59 Å². The molecule has 1 rings (SSSR count). The van der Waals surface area contributed by atoms with Crippen LogP contribution in [-0.2, 0) is 30.2 Å². The molecule has 0 aliphatic rings. The lowest BCUT2D eigenvalue weighted by Gasteiger charge is -2.33. The van der Waals surface area contributed by atoms with Gasteiger partial charge < -0.3 is 18.9 Å². The van der Waals surface area contributed by atoms with Crippen molar-refractivity contribution in [2.75, 3.05) is 19.8 Å². The first-order chi connectivity index (χ1) is 14.2. The van der Waals surface area contributed by atoms with E-state index in [2.05, 4.69) is 20.1 Å². The normalized spacial score (nSPS) is 12.5. The first-order valence-corrected chi connectivity index (χ1v) is 10.3. The van der Waals surface area contributed by atoms with E-state index in [0.29, 0.717) is 24.4 Å². The van der Waals surface area contributed by atoms with E-state index in [0.717, 1.165) is 12.8 Å². The van der Waals surface area contributed by atoms with E-state index in [-0.39, 0.29) is 25.2 Å². The van der Waals surface area contributed by atoms with Crippen LogP contribution < -0.4 is 4.74 Å². The Bertz CT molecular complexity index is 722. The molecule has 1 aromatic rings. The summed E-state index contributed by atoms with van der Waals surface area (Å²) in [5.41, 5.74) is 1.82. The monoisotopic (exact) mass is 418 g/mol. The summed E-state index contributed by atoms with van der Waals surface area (Å²) < 4.78 is 22.5. The number of esters is 2. The van der Waals surface area contributed by atoms with Crippen molar-refractivity contribution in [3.8, 4) is 5.75 Å². The molecule has 0 aliphatic heterocycles. The first-order valence-electron chi connectivity index (χ1n) is 10.3.